The minimum absolute atomic E-state index is 0.0642. The van der Waals surface area contributed by atoms with Gasteiger partial charge in [-0.2, -0.15) is 0 Å². The number of ether oxygens (including phenoxy) is 1. The molecule has 0 saturated carbocycles. The second kappa shape index (κ2) is 4.80. The SMILES string of the molecule is CC(C)Oc1cccc(C(C)C=O)c1. The molecule has 1 unspecified atom stereocenters. The van der Waals surface area contributed by atoms with E-state index in [9.17, 15) is 4.79 Å². The lowest BCUT2D eigenvalue weighted by atomic mass is 10.0. The number of aldehydes is 1. The van der Waals surface area contributed by atoms with Crippen LogP contribution in [0.15, 0.2) is 24.3 Å². The summed E-state index contributed by atoms with van der Waals surface area (Å²) in [5, 5.41) is 0. The average Bonchev–Trinajstić information content (AvgIpc) is 2.16. The van der Waals surface area contributed by atoms with Crippen LogP contribution in [0.25, 0.3) is 0 Å². The number of rotatable bonds is 4. The van der Waals surface area contributed by atoms with Gasteiger partial charge in [0.25, 0.3) is 0 Å². The maximum atomic E-state index is 10.6. The quantitative estimate of drug-likeness (QED) is 0.686. The number of hydrogen-bond acceptors (Lipinski definition) is 2. The predicted octanol–water partition coefficient (Wildman–Crippen LogP) is 2.78. The van der Waals surface area contributed by atoms with E-state index in [1.165, 1.54) is 0 Å². The summed E-state index contributed by atoms with van der Waals surface area (Å²) in [6, 6.07) is 7.67. The predicted molar refractivity (Wildman–Crippen MR) is 56.7 cm³/mol. The van der Waals surface area contributed by atoms with Crippen molar-refractivity contribution in [3.63, 3.8) is 0 Å². The third-order valence-electron chi connectivity index (χ3n) is 1.96. The topological polar surface area (TPSA) is 26.3 Å². The van der Waals surface area contributed by atoms with Crippen molar-refractivity contribution in [1.82, 2.24) is 0 Å². The monoisotopic (exact) mass is 192 g/mol. The average molecular weight is 192 g/mol. The first kappa shape index (κ1) is 10.8. The lowest BCUT2D eigenvalue weighted by Gasteiger charge is -2.11. The Morgan fingerprint density at radius 1 is 1.29 bits per heavy atom. The van der Waals surface area contributed by atoms with E-state index in [1.807, 2.05) is 45.0 Å². The molecule has 1 aromatic rings. The van der Waals surface area contributed by atoms with Crippen LogP contribution in [0.5, 0.6) is 5.75 Å². The van der Waals surface area contributed by atoms with E-state index in [1.54, 1.807) is 0 Å². The Balaban J connectivity index is 2.83. The van der Waals surface area contributed by atoms with Gasteiger partial charge in [-0.1, -0.05) is 19.1 Å². The summed E-state index contributed by atoms with van der Waals surface area (Å²) in [6.45, 7) is 5.84. The van der Waals surface area contributed by atoms with Gasteiger partial charge in [0.1, 0.15) is 12.0 Å². The van der Waals surface area contributed by atoms with E-state index in [-0.39, 0.29) is 12.0 Å². The fourth-order valence-corrected chi connectivity index (χ4v) is 1.22. The third-order valence-corrected chi connectivity index (χ3v) is 1.96. The highest BCUT2D eigenvalue weighted by molar-refractivity contribution is 5.61. The van der Waals surface area contributed by atoms with Crippen LogP contribution >= 0.6 is 0 Å². The largest absolute Gasteiger partial charge is 0.491 e. The molecule has 0 aromatic heterocycles. The molecule has 0 radical (unpaired) electrons. The van der Waals surface area contributed by atoms with Crippen molar-refractivity contribution in [1.29, 1.82) is 0 Å². The van der Waals surface area contributed by atoms with Gasteiger partial charge >= 0.3 is 0 Å². The number of carbonyl (C=O) groups excluding carboxylic acids is 1. The molecule has 0 aliphatic rings. The van der Waals surface area contributed by atoms with Crippen molar-refractivity contribution in [2.75, 3.05) is 0 Å². The van der Waals surface area contributed by atoms with Gasteiger partial charge in [-0.3, -0.25) is 0 Å². The Hall–Kier alpha value is -1.31. The molecule has 0 N–H and O–H groups in total. The van der Waals surface area contributed by atoms with Gasteiger partial charge in [0.05, 0.1) is 6.10 Å². The maximum absolute atomic E-state index is 10.6. The van der Waals surface area contributed by atoms with Gasteiger partial charge < -0.3 is 9.53 Å². The first-order chi connectivity index (χ1) is 6.63. The van der Waals surface area contributed by atoms with Crippen LogP contribution in [0.3, 0.4) is 0 Å². The molecule has 2 heteroatoms. The zero-order valence-corrected chi connectivity index (χ0v) is 8.86. The molecule has 76 valence electrons. The molecule has 0 heterocycles. The van der Waals surface area contributed by atoms with Crippen molar-refractivity contribution < 1.29 is 9.53 Å². The van der Waals surface area contributed by atoms with Crippen molar-refractivity contribution in [3.8, 4) is 5.75 Å². The summed E-state index contributed by atoms with van der Waals surface area (Å²) >= 11 is 0. The van der Waals surface area contributed by atoms with Crippen LogP contribution in [0.4, 0.5) is 0 Å². The van der Waals surface area contributed by atoms with Crippen molar-refractivity contribution in [3.05, 3.63) is 29.8 Å². The highest BCUT2D eigenvalue weighted by atomic mass is 16.5. The van der Waals surface area contributed by atoms with Crippen molar-refractivity contribution >= 4 is 6.29 Å². The number of benzene rings is 1. The van der Waals surface area contributed by atoms with Gasteiger partial charge in [0, 0.05) is 5.92 Å². The molecule has 1 atom stereocenters. The van der Waals surface area contributed by atoms with Gasteiger partial charge in [-0.15, -0.1) is 0 Å². The zero-order chi connectivity index (χ0) is 10.6. The van der Waals surface area contributed by atoms with E-state index >= 15 is 0 Å². The van der Waals surface area contributed by atoms with E-state index in [0.29, 0.717) is 0 Å². The van der Waals surface area contributed by atoms with E-state index < -0.39 is 0 Å². The minimum Gasteiger partial charge on any atom is -0.491 e. The molecule has 0 fully saturated rings. The third kappa shape index (κ3) is 2.87. The van der Waals surface area contributed by atoms with Crippen molar-refractivity contribution in [2.45, 2.75) is 32.8 Å². The second-order valence-electron chi connectivity index (χ2n) is 3.66. The lowest BCUT2D eigenvalue weighted by Crippen LogP contribution is -2.06. The highest BCUT2D eigenvalue weighted by Gasteiger charge is 2.05. The van der Waals surface area contributed by atoms with Crippen LogP contribution in [0.2, 0.25) is 0 Å². The number of carbonyl (C=O) groups is 1. The number of hydrogen-bond donors (Lipinski definition) is 0. The van der Waals surface area contributed by atoms with Crippen LogP contribution < -0.4 is 4.74 Å². The Kier molecular flexibility index (Phi) is 3.69. The van der Waals surface area contributed by atoms with Crippen LogP contribution in [0.1, 0.15) is 32.3 Å². The molecular formula is C12H16O2. The first-order valence-electron chi connectivity index (χ1n) is 4.85. The summed E-state index contributed by atoms with van der Waals surface area (Å²) < 4.78 is 5.53. The maximum Gasteiger partial charge on any atom is 0.127 e. The summed E-state index contributed by atoms with van der Waals surface area (Å²) in [5.74, 6) is 0.761. The minimum atomic E-state index is -0.0642. The molecule has 2 nitrogen and oxygen atoms in total. The molecule has 0 amide bonds. The van der Waals surface area contributed by atoms with Gasteiger partial charge in [0.2, 0.25) is 0 Å². The normalized spacial score (nSPS) is 12.6. The van der Waals surface area contributed by atoms with E-state index in [4.69, 9.17) is 4.74 Å². The summed E-state index contributed by atoms with van der Waals surface area (Å²) in [5.41, 5.74) is 0.998. The van der Waals surface area contributed by atoms with E-state index in [0.717, 1.165) is 17.6 Å². The first-order valence-corrected chi connectivity index (χ1v) is 4.85. The van der Waals surface area contributed by atoms with Gasteiger partial charge in [0.15, 0.2) is 0 Å². The summed E-state index contributed by atoms with van der Waals surface area (Å²) in [4.78, 5) is 10.6. The summed E-state index contributed by atoms with van der Waals surface area (Å²) in [7, 11) is 0. The Bertz CT molecular complexity index is 305. The molecule has 0 saturated heterocycles. The lowest BCUT2D eigenvalue weighted by molar-refractivity contribution is -0.108. The summed E-state index contributed by atoms with van der Waals surface area (Å²) in [6.07, 6.45) is 1.10. The molecular weight excluding hydrogens is 176 g/mol. The second-order valence-corrected chi connectivity index (χ2v) is 3.66. The molecule has 0 bridgehead atoms. The highest BCUT2D eigenvalue weighted by Crippen LogP contribution is 2.20. The zero-order valence-electron chi connectivity index (χ0n) is 8.86. The molecule has 0 aliphatic carbocycles. The Labute approximate surface area is 84.9 Å². The molecule has 14 heavy (non-hydrogen) atoms. The van der Waals surface area contributed by atoms with Gasteiger partial charge in [-0.25, -0.2) is 0 Å². The molecule has 1 aromatic carbocycles. The van der Waals surface area contributed by atoms with Crippen molar-refractivity contribution in [2.24, 2.45) is 0 Å². The fraction of sp³-hybridized carbons (Fsp3) is 0.417. The standard InChI is InChI=1S/C12H16O2/c1-9(2)14-12-6-4-5-11(7-12)10(3)8-13/h4-10H,1-3H3. The van der Waals surface area contributed by atoms with E-state index in [2.05, 4.69) is 0 Å². The Morgan fingerprint density at radius 3 is 2.57 bits per heavy atom. The van der Waals surface area contributed by atoms with Crippen LogP contribution in [0, 0.1) is 0 Å². The molecule has 0 aliphatic heterocycles. The molecule has 1 rings (SSSR count). The smallest absolute Gasteiger partial charge is 0.127 e. The Morgan fingerprint density at radius 2 is 2.00 bits per heavy atom. The van der Waals surface area contributed by atoms with Crippen LogP contribution in [-0.2, 0) is 4.79 Å². The molecule has 0 spiro atoms. The fourth-order valence-electron chi connectivity index (χ4n) is 1.22. The van der Waals surface area contributed by atoms with Crippen LogP contribution in [-0.4, -0.2) is 12.4 Å². The van der Waals surface area contributed by atoms with Gasteiger partial charge in [-0.05, 0) is 31.5 Å².